The number of nitrogens with zero attached hydrogens (tertiary/aromatic N) is 3. The molecule has 0 aliphatic heterocycles. The van der Waals surface area contributed by atoms with Gasteiger partial charge in [0.1, 0.15) is 17.8 Å². The van der Waals surface area contributed by atoms with E-state index in [9.17, 15) is 19.7 Å². The van der Waals surface area contributed by atoms with Crippen molar-refractivity contribution in [1.82, 2.24) is 15.4 Å². The van der Waals surface area contributed by atoms with E-state index in [2.05, 4.69) is 25.6 Å². The molecule has 2 aromatic carbocycles. The van der Waals surface area contributed by atoms with E-state index in [-0.39, 0.29) is 29.6 Å². The topological polar surface area (TPSA) is 155 Å². The highest BCUT2D eigenvalue weighted by atomic mass is 16.6. The summed E-state index contributed by atoms with van der Waals surface area (Å²) in [4.78, 5) is 41.9. The van der Waals surface area contributed by atoms with Crippen molar-refractivity contribution in [3.05, 3.63) is 76.6 Å². The summed E-state index contributed by atoms with van der Waals surface area (Å²) in [5, 5.41) is 11.6. The maximum absolute atomic E-state index is 12.0. The van der Waals surface area contributed by atoms with Crippen molar-refractivity contribution in [3.8, 4) is 17.4 Å². The molecule has 0 saturated carbocycles. The number of amides is 1. The van der Waals surface area contributed by atoms with E-state index < -0.39 is 22.5 Å². The molecule has 164 valence electrons. The second-order valence-electron chi connectivity index (χ2n) is 6.03. The second kappa shape index (κ2) is 10.3. The SMILES string of the molecule is COC(=O)c1ccc(Oc2ncnc(NNC(=O)COc3ccccc3)c2[N+](=O)[O-])cc1. The molecular formula is C20H17N5O7. The third kappa shape index (κ3) is 5.66. The smallest absolute Gasteiger partial charge is 0.374 e. The lowest BCUT2D eigenvalue weighted by atomic mass is 10.2. The molecule has 0 aliphatic carbocycles. The number of aromatic nitrogens is 2. The van der Waals surface area contributed by atoms with Crippen molar-refractivity contribution < 1.29 is 28.7 Å². The molecule has 0 saturated heterocycles. The first-order valence-corrected chi connectivity index (χ1v) is 9.06. The van der Waals surface area contributed by atoms with Gasteiger partial charge < -0.3 is 14.2 Å². The third-order valence-electron chi connectivity index (χ3n) is 3.89. The molecule has 0 unspecified atom stereocenters. The van der Waals surface area contributed by atoms with Gasteiger partial charge in [-0.2, -0.15) is 4.98 Å². The van der Waals surface area contributed by atoms with Gasteiger partial charge >= 0.3 is 17.5 Å². The molecule has 32 heavy (non-hydrogen) atoms. The lowest BCUT2D eigenvalue weighted by Gasteiger charge is -2.11. The van der Waals surface area contributed by atoms with Crippen LogP contribution < -0.4 is 20.3 Å². The van der Waals surface area contributed by atoms with Gasteiger partial charge in [0.15, 0.2) is 6.61 Å². The van der Waals surface area contributed by atoms with Crippen molar-refractivity contribution in [2.75, 3.05) is 19.1 Å². The molecule has 12 heteroatoms. The van der Waals surface area contributed by atoms with E-state index in [0.717, 1.165) is 6.33 Å². The van der Waals surface area contributed by atoms with Crippen molar-refractivity contribution >= 4 is 23.4 Å². The van der Waals surface area contributed by atoms with Crippen molar-refractivity contribution in [2.45, 2.75) is 0 Å². The molecule has 3 aromatic rings. The minimum atomic E-state index is -0.757. The van der Waals surface area contributed by atoms with Gasteiger partial charge in [-0.1, -0.05) is 18.2 Å². The minimum Gasteiger partial charge on any atom is -0.484 e. The van der Waals surface area contributed by atoms with E-state index in [1.807, 2.05) is 0 Å². The molecule has 1 aromatic heterocycles. The molecule has 0 atom stereocenters. The molecule has 0 fully saturated rings. The fourth-order valence-electron chi connectivity index (χ4n) is 2.41. The largest absolute Gasteiger partial charge is 0.484 e. The standard InChI is InChI=1S/C20H17N5O7/c1-30-20(27)13-7-9-15(10-8-13)32-19-17(25(28)29)18(21-12-22-19)24-23-16(26)11-31-14-5-3-2-4-6-14/h2-10,12H,11H2,1H3,(H,23,26)(H,21,22,24). The zero-order valence-corrected chi connectivity index (χ0v) is 16.7. The number of esters is 1. The molecule has 0 radical (unpaired) electrons. The number of carbonyl (C=O) groups is 2. The summed E-state index contributed by atoms with van der Waals surface area (Å²) in [7, 11) is 1.25. The Morgan fingerprint density at radius 3 is 2.41 bits per heavy atom. The van der Waals surface area contributed by atoms with Crippen LogP contribution in [-0.4, -0.2) is 40.5 Å². The molecule has 0 aliphatic rings. The first kappa shape index (κ1) is 22.0. The molecule has 1 heterocycles. The number of carbonyl (C=O) groups excluding carboxylic acids is 2. The van der Waals surface area contributed by atoms with Crippen LogP contribution >= 0.6 is 0 Å². The van der Waals surface area contributed by atoms with Gasteiger partial charge in [0.25, 0.3) is 5.91 Å². The van der Waals surface area contributed by atoms with Crippen molar-refractivity contribution in [3.63, 3.8) is 0 Å². The average molecular weight is 439 g/mol. The molecule has 12 nitrogen and oxygen atoms in total. The molecule has 0 spiro atoms. The number of para-hydroxylation sites is 1. The van der Waals surface area contributed by atoms with Gasteiger partial charge in [0.2, 0.25) is 5.82 Å². The van der Waals surface area contributed by atoms with Crippen LogP contribution in [-0.2, 0) is 9.53 Å². The highest BCUT2D eigenvalue weighted by Crippen LogP contribution is 2.33. The number of hydrogen-bond donors (Lipinski definition) is 2. The number of hydrazine groups is 1. The fourth-order valence-corrected chi connectivity index (χ4v) is 2.41. The quantitative estimate of drug-likeness (QED) is 0.288. The first-order chi connectivity index (χ1) is 15.5. The van der Waals surface area contributed by atoms with Crippen LogP contribution in [0.3, 0.4) is 0 Å². The number of methoxy groups -OCH3 is 1. The zero-order valence-electron chi connectivity index (χ0n) is 16.7. The first-order valence-electron chi connectivity index (χ1n) is 9.06. The van der Waals surface area contributed by atoms with Crippen molar-refractivity contribution in [2.24, 2.45) is 0 Å². The number of nitrogens with one attached hydrogen (secondary N) is 2. The lowest BCUT2D eigenvalue weighted by Crippen LogP contribution is -2.34. The zero-order chi connectivity index (χ0) is 22.9. The van der Waals surface area contributed by atoms with Crippen LogP contribution in [0.1, 0.15) is 10.4 Å². The lowest BCUT2D eigenvalue weighted by molar-refractivity contribution is -0.385. The van der Waals surface area contributed by atoms with Crippen LogP contribution in [0.4, 0.5) is 11.5 Å². The van der Waals surface area contributed by atoms with Crippen LogP contribution in [0, 0.1) is 10.1 Å². The predicted octanol–water partition coefficient (Wildman–Crippen LogP) is 2.49. The molecule has 1 amide bonds. The summed E-state index contributed by atoms with van der Waals surface area (Å²) in [5.74, 6) is -1.12. The van der Waals surface area contributed by atoms with Crippen LogP contribution in [0.15, 0.2) is 60.9 Å². The number of hydrogen-bond acceptors (Lipinski definition) is 10. The Kier molecular flexibility index (Phi) is 7.09. The number of rotatable bonds is 9. The molecule has 0 bridgehead atoms. The number of ether oxygens (including phenoxy) is 3. The Bertz CT molecular complexity index is 1110. The van der Waals surface area contributed by atoms with Crippen LogP contribution in [0.25, 0.3) is 0 Å². The normalized spacial score (nSPS) is 10.0. The van der Waals surface area contributed by atoms with Gasteiger partial charge in [-0.05, 0) is 36.4 Å². The number of benzene rings is 2. The van der Waals surface area contributed by atoms with E-state index in [1.165, 1.54) is 31.4 Å². The highest BCUT2D eigenvalue weighted by Gasteiger charge is 2.25. The maximum Gasteiger partial charge on any atom is 0.374 e. The van der Waals surface area contributed by atoms with Crippen molar-refractivity contribution in [1.29, 1.82) is 0 Å². The Balaban J connectivity index is 1.68. The molecule has 3 rings (SSSR count). The second-order valence-corrected chi connectivity index (χ2v) is 6.03. The molecule has 2 N–H and O–H groups in total. The summed E-state index contributed by atoms with van der Waals surface area (Å²) < 4.78 is 15.4. The average Bonchev–Trinajstić information content (AvgIpc) is 2.82. The monoisotopic (exact) mass is 439 g/mol. The Morgan fingerprint density at radius 1 is 1.03 bits per heavy atom. The Labute approximate surface area is 181 Å². The summed E-state index contributed by atoms with van der Waals surface area (Å²) in [6.07, 6.45) is 1.03. The number of nitro groups is 1. The summed E-state index contributed by atoms with van der Waals surface area (Å²) in [6, 6.07) is 14.4. The van der Waals surface area contributed by atoms with Gasteiger partial charge in [0.05, 0.1) is 17.6 Å². The summed E-state index contributed by atoms with van der Waals surface area (Å²) in [5.41, 5.74) is 4.32. The maximum atomic E-state index is 12.0. The van der Waals surface area contributed by atoms with Gasteiger partial charge in [-0.15, -0.1) is 0 Å². The van der Waals surface area contributed by atoms with Gasteiger partial charge in [-0.25, -0.2) is 9.78 Å². The molecular weight excluding hydrogens is 422 g/mol. The number of anilines is 1. The third-order valence-corrected chi connectivity index (χ3v) is 3.89. The Morgan fingerprint density at radius 2 is 1.75 bits per heavy atom. The van der Waals surface area contributed by atoms with Gasteiger partial charge in [0, 0.05) is 0 Å². The van der Waals surface area contributed by atoms with Crippen LogP contribution in [0.5, 0.6) is 17.4 Å². The van der Waals surface area contributed by atoms with E-state index in [4.69, 9.17) is 9.47 Å². The van der Waals surface area contributed by atoms with E-state index in [0.29, 0.717) is 5.75 Å². The van der Waals surface area contributed by atoms with E-state index >= 15 is 0 Å². The van der Waals surface area contributed by atoms with E-state index in [1.54, 1.807) is 30.3 Å². The fraction of sp³-hybridized carbons (Fsp3) is 0.100. The summed E-state index contributed by atoms with van der Waals surface area (Å²) in [6.45, 7) is -0.328. The van der Waals surface area contributed by atoms with Crippen LogP contribution in [0.2, 0.25) is 0 Å². The van der Waals surface area contributed by atoms with Gasteiger partial charge in [-0.3, -0.25) is 25.8 Å². The predicted molar refractivity (Wildman–Crippen MR) is 110 cm³/mol. The summed E-state index contributed by atoms with van der Waals surface area (Å²) >= 11 is 0. The Hall–Kier alpha value is -4.74. The minimum absolute atomic E-state index is 0.186. The highest BCUT2D eigenvalue weighted by molar-refractivity contribution is 5.89.